The molecule has 0 spiro atoms. The summed E-state index contributed by atoms with van der Waals surface area (Å²) in [4.78, 5) is 14.6. The maximum atomic E-state index is 12.5. The number of hydrogen-bond donors (Lipinski definition) is 1. The van der Waals surface area contributed by atoms with Crippen molar-refractivity contribution in [1.29, 1.82) is 0 Å². The van der Waals surface area contributed by atoms with E-state index < -0.39 is 12.3 Å². The highest BCUT2D eigenvalue weighted by Gasteiger charge is 2.32. The highest BCUT2D eigenvalue weighted by molar-refractivity contribution is 5.69. The van der Waals surface area contributed by atoms with Gasteiger partial charge >= 0.3 is 12.3 Å². The molecule has 1 aliphatic rings. The first-order valence-electron chi connectivity index (χ1n) is 7.72. The number of hydrogen-bond acceptors (Lipinski definition) is 4. The summed E-state index contributed by atoms with van der Waals surface area (Å²) in [6, 6.07) is 6.32. The van der Waals surface area contributed by atoms with E-state index >= 15 is 0 Å². The number of halogens is 3. The molecule has 8 heteroatoms. The lowest BCUT2D eigenvalue weighted by molar-refractivity contribution is -0.275. The summed E-state index contributed by atoms with van der Waals surface area (Å²) in [5, 5.41) is 8.83. The van der Waals surface area contributed by atoms with E-state index in [4.69, 9.17) is 5.11 Å². The first-order valence-corrected chi connectivity index (χ1v) is 7.72. The standard InChI is InChI=1S/C16H21F3N2O3/c1-20(11-15(22)23)13-6-8-21(9-7-13)10-12-4-2-3-5-14(12)24-16(17,18)19/h2-5,13H,6-11H2,1H3,(H,22,23). The maximum absolute atomic E-state index is 12.5. The van der Waals surface area contributed by atoms with Crippen LogP contribution in [0.25, 0.3) is 0 Å². The number of carboxylic acids is 1. The Morgan fingerprint density at radius 1 is 1.33 bits per heavy atom. The fourth-order valence-electron chi connectivity index (χ4n) is 2.96. The number of aliphatic carboxylic acids is 1. The summed E-state index contributed by atoms with van der Waals surface area (Å²) in [5.41, 5.74) is 0.493. The fourth-order valence-corrected chi connectivity index (χ4v) is 2.96. The number of ether oxygens (including phenoxy) is 1. The van der Waals surface area contributed by atoms with E-state index in [1.807, 2.05) is 0 Å². The number of piperidine rings is 1. The van der Waals surface area contributed by atoms with Gasteiger partial charge in [-0.1, -0.05) is 18.2 Å². The third-order valence-corrected chi connectivity index (χ3v) is 4.16. The van der Waals surface area contributed by atoms with Gasteiger partial charge in [-0.2, -0.15) is 0 Å². The summed E-state index contributed by atoms with van der Waals surface area (Å²) in [5.74, 6) is -1.03. The van der Waals surface area contributed by atoms with Gasteiger partial charge in [-0.25, -0.2) is 0 Å². The van der Waals surface area contributed by atoms with Crippen LogP contribution in [0.1, 0.15) is 18.4 Å². The number of likely N-dealkylation sites (N-methyl/N-ethyl adjacent to an activating group) is 1. The molecule has 1 aromatic rings. The summed E-state index contributed by atoms with van der Waals surface area (Å²) >= 11 is 0. The molecule has 1 N–H and O–H groups in total. The number of nitrogens with zero attached hydrogens (tertiary/aromatic N) is 2. The molecule has 5 nitrogen and oxygen atoms in total. The lowest BCUT2D eigenvalue weighted by Crippen LogP contribution is -2.44. The van der Waals surface area contributed by atoms with Gasteiger partial charge in [0.2, 0.25) is 0 Å². The molecule has 24 heavy (non-hydrogen) atoms. The summed E-state index contributed by atoms with van der Waals surface area (Å²) in [6.45, 7) is 1.78. The van der Waals surface area contributed by atoms with E-state index in [9.17, 15) is 18.0 Å². The van der Waals surface area contributed by atoms with Crippen LogP contribution in [-0.4, -0.2) is 60.0 Å². The minimum atomic E-state index is -4.71. The van der Waals surface area contributed by atoms with Gasteiger partial charge in [0.15, 0.2) is 0 Å². The van der Waals surface area contributed by atoms with Gasteiger partial charge in [0.05, 0.1) is 6.54 Å². The number of rotatable bonds is 6. The first-order chi connectivity index (χ1) is 11.2. The summed E-state index contributed by atoms with van der Waals surface area (Å²) < 4.78 is 41.4. The summed E-state index contributed by atoms with van der Waals surface area (Å²) in [6.07, 6.45) is -3.14. The molecule has 0 radical (unpaired) electrons. The molecular formula is C16H21F3N2O3. The molecule has 0 bridgehead atoms. The fraction of sp³-hybridized carbons (Fsp3) is 0.562. The number of alkyl halides is 3. The molecule has 0 amide bonds. The predicted molar refractivity (Wildman–Crippen MR) is 81.7 cm³/mol. The molecule has 1 saturated heterocycles. The first kappa shape index (κ1) is 18.5. The molecule has 0 saturated carbocycles. The Bertz CT molecular complexity index is 558. The van der Waals surface area contributed by atoms with Crippen molar-refractivity contribution in [3.05, 3.63) is 29.8 Å². The normalized spacial score (nSPS) is 17.2. The van der Waals surface area contributed by atoms with E-state index in [0.717, 1.165) is 12.8 Å². The summed E-state index contributed by atoms with van der Waals surface area (Å²) in [7, 11) is 1.78. The van der Waals surface area contributed by atoms with E-state index in [0.29, 0.717) is 25.2 Å². The molecule has 1 aromatic carbocycles. The van der Waals surface area contributed by atoms with Crippen molar-refractivity contribution < 1.29 is 27.8 Å². The molecule has 0 unspecified atom stereocenters. The van der Waals surface area contributed by atoms with E-state index in [2.05, 4.69) is 9.64 Å². The van der Waals surface area contributed by atoms with Crippen molar-refractivity contribution in [2.75, 3.05) is 26.7 Å². The Morgan fingerprint density at radius 2 is 1.96 bits per heavy atom. The Labute approximate surface area is 138 Å². The van der Waals surface area contributed by atoms with Crippen LogP contribution in [0.15, 0.2) is 24.3 Å². The third kappa shape index (κ3) is 5.68. The SMILES string of the molecule is CN(CC(=O)O)C1CCN(Cc2ccccc2OC(F)(F)F)CC1. The van der Waals surface area contributed by atoms with Crippen LogP contribution in [0.2, 0.25) is 0 Å². The predicted octanol–water partition coefficient (Wildman–Crippen LogP) is 2.57. The highest BCUT2D eigenvalue weighted by Crippen LogP contribution is 2.28. The zero-order valence-corrected chi connectivity index (χ0v) is 13.4. The third-order valence-electron chi connectivity index (χ3n) is 4.16. The Morgan fingerprint density at radius 3 is 2.54 bits per heavy atom. The monoisotopic (exact) mass is 346 g/mol. The quantitative estimate of drug-likeness (QED) is 0.858. The van der Waals surface area contributed by atoms with Gasteiger partial charge in [0.25, 0.3) is 0 Å². The Hall–Kier alpha value is -1.80. The average Bonchev–Trinajstić information content (AvgIpc) is 2.48. The van der Waals surface area contributed by atoms with Crippen LogP contribution in [0.5, 0.6) is 5.75 Å². The molecule has 0 aliphatic carbocycles. The molecular weight excluding hydrogens is 325 g/mol. The van der Waals surface area contributed by atoms with Crippen molar-refractivity contribution in [2.24, 2.45) is 0 Å². The zero-order chi connectivity index (χ0) is 17.7. The van der Waals surface area contributed by atoms with E-state index in [1.54, 1.807) is 24.1 Å². The second kappa shape index (κ2) is 7.85. The van der Waals surface area contributed by atoms with Crippen molar-refractivity contribution in [2.45, 2.75) is 31.8 Å². The number of likely N-dealkylation sites (tertiary alicyclic amines) is 1. The molecule has 1 fully saturated rings. The Kier molecular flexibility index (Phi) is 6.06. The maximum Gasteiger partial charge on any atom is 0.573 e. The van der Waals surface area contributed by atoms with Gasteiger partial charge < -0.3 is 9.84 Å². The molecule has 0 aromatic heterocycles. The second-order valence-electron chi connectivity index (χ2n) is 5.97. The lowest BCUT2D eigenvalue weighted by Gasteiger charge is -2.36. The van der Waals surface area contributed by atoms with Crippen LogP contribution < -0.4 is 4.74 Å². The van der Waals surface area contributed by atoms with Gasteiger partial charge in [-0.05, 0) is 39.0 Å². The van der Waals surface area contributed by atoms with Crippen LogP contribution in [0.4, 0.5) is 13.2 Å². The minimum Gasteiger partial charge on any atom is -0.480 e. The number of carboxylic acid groups (broad SMARTS) is 1. The molecule has 1 aliphatic heterocycles. The second-order valence-corrected chi connectivity index (χ2v) is 5.97. The van der Waals surface area contributed by atoms with Crippen LogP contribution in [-0.2, 0) is 11.3 Å². The van der Waals surface area contributed by atoms with Crippen molar-refractivity contribution in [3.63, 3.8) is 0 Å². The average molecular weight is 346 g/mol. The molecule has 2 rings (SSSR count). The van der Waals surface area contributed by atoms with Crippen molar-refractivity contribution in [3.8, 4) is 5.75 Å². The van der Waals surface area contributed by atoms with Crippen molar-refractivity contribution >= 4 is 5.97 Å². The number of carbonyl (C=O) groups is 1. The minimum absolute atomic E-state index is 0.00702. The van der Waals surface area contributed by atoms with Crippen LogP contribution in [0, 0.1) is 0 Å². The lowest BCUT2D eigenvalue weighted by atomic mass is 10.0. The topological polar surface area (TPSA) is 53.0 Å². The van der Waals surface area contributed by atoms with Crippen LogP contribution >= 0.6 is 0 Å². The number of para-hydroxylation sites is 1. The van der Waals surface area contributed by atoms with Crippen molar-refractivity contribution in [1.82, 2.24) is 9.80 Å². The van der Waals surface area contributed by atoms with Crippen LogP contribution in [0.3, 0.4) is 0 Å². The van der Waals surface area contributed by atoms with Gasteiger partial charge in [-0.15, -0.1) is 13.2 Å². The smallest absolute Gasteiger partial charge is 0.480 e. The van der Waals surface area contributed by atoms with E-state index in [1.165, 1.54) is 12.1 Å². The molecule has 1 heterocycles. The molecule has 0 atom stereocenters. The Balaban J connectivity index is 1.91. The highest BCUT2D eigenvalue weighted by atomic mass is 19.4. The number of benzene rings is 1. The largest absolute Gasteiger partial charge is 0.573 e. The zero-order valence-electron chi connectivity index (χ0n) is 13.4. The van der Waals surface area contributed by atoms with Gasteiger partial charge in [0.1, 0.15) is 5.75 Å². The molecule has 134 valence electrons. The van der Waals surface area contributed by atoms with Gasteiger partial charge in [-0.3, -0.25) is 14.6 Å². The van der Waals surface area contributed by atoms with E-state index in [-0.39, 0.29) is 18.3 Å². The van der Waals surface area contributed by atoms with Gasteiger partial charge in [0, 0.05) is 18.2 Å².